The van der Waals surface area contributed by atoms with E-state index in [0.29, 0.717) is 22.6 Å². The van der Waals surface area contributed by atoms with Gasteiger partial charge in [0.2, 0.25) is 5.91 Å². The third kappa shape index (κ3) is 4.79. The maximum Gasteiger partial charge on any atom is 0.262 e. The summed E-state index contributed by atoms with van der Waals surface area (Å²) in [5, 5.41) is 3.68. The van der Waals surface area contributed by atoms with E-state index in [1.807, 2.05) is 63.2 Å². The largest absolute Gasteiger partial charge is 0.497 e. The molecule has 1 heterocycles. The van der Waals surface area contributed by atoms with Gasteiger partial charge in [-0.3, -0.25) is 14.2 Å². The minimum Gasteiger partial charge on any atom is -0.497 e. The molecule has 0 aliphatic rings. The van der Waals surface area contributed by atoms with Crippen molar-refractivity contribution in [3.05, 3.63) is 64.4 Å². The minimum absolute atomic E-state index is 0.0586. The van der Waals surface area contributed by atoms with Crippen LogP contribution in [0.1, 0.15) is 32.4 Å². The van der Waals surface area contributed by atoms with Crippen LogP contribution in [-0.4, -0.2) is 27.8 Å². The molecular formula is C22H25N3O3S. The Morgan fingerprint density at radius 2 is 1.83 bits per heavy atom. The van der Waals surface area contributed by atoms with Gasteiger partial charge in [0.25, 0.3) is 5.56 Å². The van der Waals surface area contributed by atoms with Crippen molar-refractivity contribution >= 4 is 28.6 Å². The number of para-hydroxylation sites is 1. The van der Waals surface area contributed by atoms with Crippen molar-refractivity contribution in [1.29, 1.82) is 0 Å². The molecule has 3 rings (SSSR count). The second kappa shape index (κ2) is 9.13. The van der Waals surface area contributed by atoms with Crippen molar-refractivity contribution in [2.24, 2.45) is 0 Å². The lowest BCUT2D eigenvalue weighted by molar-refractivity contribution is -0.120. The maximum absolute atomic E-state index is 12.9. The average Bonchev–Trinajstić information content (AvgIpc) is 2.72. The number of nitrogens with zero attached hydrogens (tertiary/aromatic N) is 2. The monoisotopic (exact) mass is 411 g/mol. The highest BCUT2D eigenvalue weighted by Gasteiger charge is 2.20. The van der Waals surface area contributed by atoms with Crippen LogP contribution in [0.3, 0.4) is 0 Å². The molecule has 0 aliphatic carbocycles. The Morgan fingerprint density at radius 1 is 1.14 bits per heavy atom. The van der Waals surface area contributed by atoms with Crippen molar-refractivity contribution in [3.63, 3.8) is 0 Å². The first-order valence-corrected chi connectivity index (χ1v) is 10.4. The molecular weight excluding hydrogens is 386 g/mol. The summed E-state index contributed by atoms with van der Waals surface area (Å²) in [4.78, 5) is 30.2. The molecule has 0 saturated carbocycles. The van der Waals surface area contributed by atoms with Crippen LogP contribution in [0, 0.1) is 0 Å². The molecule has 0 spiro atoms. The van der Waals surface area contributed by atoms with E-state index in [2.05, 4.69) is 10.3 Å². The van der Waals surface area contributed by atoms with E-state index in [1.54, 1.807) is 17.7 Å². The predicted molar refractivity (Wildman–Crippen MR) is 117 cm³/mol. The van der Waals surface area contributed by atoms with Gasteiger partial charge in [0.05, 0.1) is 23.3 Å². The first-order chi connectivity index (χ1) is 13.9. The fourth-order valence-electron chi connectivity index (χ4n) is 2.95. The van der Waals surface area contributed by atoms with Gasteiger partial charge in [0, 0.05) is 12.6 Å². The van der Waals surface area contributed by atoms with Gasteiger partial charge >= 0.3 is 0 Å². The zero-order chi connectivity index (χ0) is 21.0. The number of methoxy groups -OCH3 is 1. The van der Waals surface area contributed by atoms with E-state index in [1.165, 1.54) is 11.8 Å². The van der Waals surface area contributed by atoms with Gasteiger partial charge in [-0.05, 0) is 50.6 Å². The Kier molecular flexibility index (Phi) is 6.59. The number of aromatic nitrogens is 2. The number of carbonyl (C=O) groups excluding carboxylic acids is 1. The van der Waals surface area contributed by atoms with Crippen molar-refractivity contribution in [2.75, 3.05) is 7.11 Å². The third-order valence-corrected chi connectivity index (χ3v) is 5.64. The van der Waals surface area contributed by atoms with Gasteiger partial charge in [-0.15, -0.1) is 0 Å². The predicted octanol–water partition coefficient (Wildman–Crippen LogP) is 3.78. The lowest BCUT2D eigenvalue weighted by atomic mass is 10.2. The quantitative estimate of drug-likeness (QED) is 0.473. The second-order valence-corrected chi connectivity index (χ2v) is 8.31. The Hall–Kier alpha value is -2.80. The number of thioether (sulfide) groups is 1. The smallest absolute Gasteiger partial charge is 0.262 e. The number of rotatable bonds is 7. The van der Waals surface area contributed by atoms with Gasteiger partial charge in [-0.2, -0.15) is 0 Å². The first-order valence-electron chi connectivity index (χ1n) is 9.49. The van der Waals surface area contributed by atoms with Crippen molar-refractivity contribution in [3.8, 4) is 5.75 Å². The molecule has 0 aliphatic heterocycles. The molecule has 7 heteroatoms. The number of benzene rings is 2. The number of hydrogen-bond donors (Lipinski definition) is 1. The Balaban J connectivity index is 1.75. The number of fused-ring (bicyclic) bond motifs is 1. The van der Waals surface area contributed by atoms with Gasteiger partial charge in [0.1, 0.15) is 5.75 Å². The standard InChI is InChI=1S/C22H25N3O3S/c1-14(2)25-21(27)18-7-5-6-8-19(18)24-22(25)29-15(3)20(26)23-13-16-9-11-17(28-4)12-10-16/h5-12,14-15H,13H2,1-4H3,(H,23,26)/t15-/m0/s1. The molecule has 152 valence electrons. The zero-order valence-electron chi connectivity index (χ0n) is 17.0. The summed E-state index contributed by atoms with van der Waals surface area (Å²) < 4.78 is 6.80. The summed E-state index contributed by atoms with van der Waals surface area (Å²) in [6.07, 6.45) is 0. The van der Waals surface area contributed by atoms with Gasteiger partial charge < -0.3 is 10.1 Å². The molecule has 0 radical (unpaired) electrons. The van der Waals surface area contributed by atoms with E-state index in [9.17, 15) is 9.59 Å². The highest BCUT2D eigenvalue weighted by molar-refractivity contribution is 8.00. The lowest BCUT2D eigenvalue weighted by Crippen LogP contribution is -2.32. The Bertz CT molecular complexity index is 1060. The summed E-state index contributed by atoms with van der Waals surface area (Å²) >= 11 is 1.30. The number of amides is 1. The van der Waals surface area contributed by atoms with Crippen molar-refractivity contribution in [1.82, 2.24) is 14.9 Å². The molecule has 29 heavy (non-hydrogen) atoms. The Labute approximate surface area is 174 Å². The van der Waals surface area contributed by atoms with Crippen LogP contribution in [0.15, 0.2) is 58.5 Å². The van der Waals surface area contributed by atoms with E-state index in [-0.39, 0.29) is 17.5 Å². The topological polar surface area (TPSA) is 73.2 Å². The summed E-state index contributed by atoms with van der Waals surface area (Å²) in [6, 6.07) is 14.8. The number of hydrogen-bond acceptors (Lipinski definition) is 5. The van der Waals surface area contributed by atoms with Crippen LogP contribution >= 0.6 is 11.8 Å². The summed E-state index contributed by atoms with van der Waals surface area (Å²) in [7, 11) is 1.62. The fraction of sp³-hybridized carbons (Fsp3) is 0.318. The van der Waals surface area contributed by atoms with Crippen LogP contribution in [-0.2, 0) is 11.3 Å². The van der Waals surface area contributed by atoms with Crippen LogP contribution < -0.4 is 15.6 Å². The van der Waals surface area contributed by atoms with E-state index < -0.39 is 5.25 Å². The summed E-state index contributed by atoms with van der Waals surface area (Å²) in [5.74, 6) is 0.668. The molecule has 1 amide bonds. The molecule has 6 nitrogen and oxygen atoms in total. The molecule has 0 bridgehead atoms. The SMILES string of the molecule is COc1ccc(CNC(=O)[C@H](C)Sc2nc3ccccc3c(=O)n2C(C)C)cc1. The summed E-state index contributed by atoms with van der Waals surface area (Å²) in [5.41, 5.74) is 1.54. The van der Waals surface area contributed by atoms with Crippen LogP contribution in [0.5, 0.6) is 5.75 Å². The van der Waals surface area contributed by atoms with Gasteiger partial charge in [0.15, 0.2) is 5.16 Å². The molecule has 1 atom stereocenters. The molecule has 3 aromatic rings. The highest BCUT2D eigenvalue weighted by atomic mass is 32.2. The molecule has 1 N–H and O–H groups in total. The van der Waals surface area contributed by atoms with Crippen LogP contribution in [0.2, 0.25) is 0 Å². The lowest BCUT2D eigenvalue weighted by Gasteiger charge is -2.18. The van der Waals surface area contributed by atoms with E-state index >= 15 is 0 Å². The van der Waals surface area contributed by atoms with Gasteiger partial charge in [-0.25, -0.2) is 4.98 Å². The highest BCUT2D eigenvalue weighted by Crippen LogP contribution is 2.25. The van der Waals surface area contributed by atoms with Crippen molar-refractivity contribution < 1.29 is 9.53 Å². The van der Waals surface area contributed by atoms with Crippen LogP contribution in [0.4, 0.5) is 0 Å². The average molecular weight is 412 g/mol. The van der Waals surface area contributed by atoms with Crippen molar-refractivity contribution in [2.45, 2.75) is 43.8 Å². The second-order valence-electron chi connectivity index (χ2n) is 7.01. The third-order valence-electron chi connectivity index (χ3n) is 4.57. The molecule has 0 unspecified atom stereocenters. The van der Waals surface area contributed by atoms with Gasteiger partial charge in [-0.1, -0.05) is 36.0 Å². The van der Waals surface area contributed by atoms with E-state index in [4.69, 9.17) is 4.74 Å². The minimum atomic E-state index is -0.397. The zero-order valence-corrected chi connectivity index (χ0v) is 17.8. The summed E-state index contributed by atoms with van der Waals surface area (Å²) in [6.45, 7) is 6.13. The molecule has 2 aromatic carbocycles. The normalized spacial score (nSPS) is 12.2. The molecule has 0 saturated heterocycles. The van der Waals surface area contributed by atoms with Crippen LogP contribution in [0.25, 0.3) is 10.9 Å². The number of carbonyl (C=O) groups is 1. The maximum atomic E-state index is 12.9. The molecule has 0 fully saturated rings. The number of ether oxygens (including phenoxy) is 1. The Morgan fingerprint density at radius 3 is 2.48 bits per heavy atom. The number of nitrogens with one attached hydrogen (secondary N) is 1. The fourth-order valence-corrected chi connectivity index (χ4v) is 4.02. The first kappa shape index (κ1) is 20.9. The van der Waals surface area contributed by atoms with E-state index in [0.717, 1.165) is 11.3 Å². The molecule has 1 aromatic heterocycles.